The van der Waals surface area contributed by atoms with Gasteiger partial charge in [-0.15, -0.1) is 5.10 Å². The molecule has 154 valence electrons. The van der Waals surface area contributed by atoms with Gasteiger partial charge in [0.25, 0.3) is 5.91 Å². The van der Waals surface area contributed by atoms with Crippen molar-refractivity contribution >= 4 is 5.91 Å². The lowest BCUT2D eigenvalue weighted by Crippen LogP contribution is -2.24. The van der Waals surface area contributed by atoms with Gasteiger partial charge < -0.3 is 9.64 Å². The lowest BCUT2D eigenvalue weighted by molar-refractivity contribution is 0.0759. The van der Waals surface area contributed by atoms with E-state index in [9.17, 15) is 9.18 Å². The molecule has 0 saturated heterocycles. The third kappa shape index (κ3) is 3.42. The van der Waals surface area contributed by atoms with Crippen LogP contribution in [0.4, 0.5) is 4.39 Å². The Morgan fingerprint density at radius 1 is 1.27 bits per heavy atom. The van der Waals surface area contributed by atoms with E-state index in [1.54, 1.807) is 41.2 Å². The maximum absolute atomic E-state index is 14.8. The number of amides is 1. The molecule has 7 nitrogen and oxygen atoms in total. The number of aryl methyl sites for hydroxylation is 1. The fourth-order valence-electron chi connectivity index (χ4n) is 3.89. The molecule has 1 aromatic carbocycles. The molecule has 2 aromatic heterocycles. The molecule has 1 aliphatic carbocycles. The number of pyridine rings is 1. The molecule has 5 rings (SSSR count). The molecule has 8 heteroatoms. The van der Waals surface area contributed by atoms with Gasteiger partial charge in [0, 0.05) is 37.5 Å². The molecule has 0 atom stereocenters. The minimum atomic E-state index is -0.374. The quantitative estimate of drug-likeness (QED) is 0.627. The SMILES string of the molecule is Cn1cc(-c2ccc(CN3Cc4ccnc(OCC5CCC5)c4C3=O)c(F)c2)nn1. The fraction of sp³-hybridized carbons (Fsp3) is 0.364. The van der Waals surface area contributed by atoms with E-state index < -0.39 is 0 Å². The van der Waals surface area contributed by atoms with Crippen LogP contribution in [0.2, 0.25) is 0 Å². The number of rotatable bonds is 6. The minimum Gasteiger partial charge on any atom is -0.477 e. The van der Waals surface area contributed by atoms with Crippen LogP contribution in [0.3, 0.4) is 0 Å². The molecule has 0 spiro atoms. The molecule has 0 N–H and O–H groups in total. The number of fused-ring (bicyclic) bond motifs is 1. The van der Waals surface area contributed by atoms with Crippen LogP contribution in [0.25, 0.3) is 11.3 Å². The summed E-state index contributed by atoms with van der Waals surface area (Å²) in [5.41, 5.74) is 3.08. The molecule has 1 aliphatic heterocycles. The predicted octanol–water partition coefficient (Wildman–Crippen LogP) is 3.35. The molecular formula is C22H22FN5O2. The van der Waals surface area contributed by atoms with Crippen molar-refractivity contribution in [2.24, 2.45) is 13.0 Å². The van der Waals surface area contributed by atoms with E-state index in [1.807, 2.05) is 6.07 Å². The smallest absolute Gasteiger partial charge is 0.260 e. The number of carbonyl (C=O) groups excluding carboxylic acids is 1. The summed E-state index contributed by atoms with van der Waals surface area (Å²) in [4.78, 5) is 18.9. The zero-order valence-electron chi connectivity index (χ0n) is 16.7. The van der Waals surface area contributed by atoms with Crippen LogP contribution in [-0.2, 0) is 20.1 Å². The largest absolute Gasteiger partial charge is 0.477 e. The van der Waals surface area contributed by atoms with Crippen LogP contribution in [0.5, 0.6) is 5.88 Å². The van der Waals surface area contributed by atoms with Gasteiger partial charge in [0.05, 0.1) is 12.8 Å². The fourth-order valence-corrected chi connectivity index (χ4v) is 3.89. The Morgan fingerprint density at radius 3 is 2.83 bits per heavy atom. The molecule has 30 heavy (non-hydrogen) atoms. The van der Waals surface area contributed by atoms with E-state index in [0.717, 1.165) is 5.56 Å². The van der Waals surface area contributed by atoms with Crippen LogP contribution < -0.4 is 4.74 Å². The van der Waals surface area contributed by atoms with Crippen molar-refractivity contribution in [3.05, 3.63) is 59.2 Å². The molecule has 1 saturated carbocycles. The first kappa shape index (κ1) is 18.7. The van der Waals surface area contributed by atoms with Crippen molar-refractivity contribution in [3.8, 4) is 17.1 Å². The Labute approximate surface area is 173 Å². The van der Waals surface area contributed by atoms with E-state index in [2.05, 4.69) is 15.3 Å². The van der Waals surface area contributed by atoms with Crippen LogP contribution in [0.1, 0.15) is 40.7 Å². The van der Waals surface area contributed by atoms with Crippen molar-refractivity contribution in [2.45, 2.75) is 32.4 Å². The van der Waals surface area contributed by atoms with E-state index in [4.69, 9.17) is 4.74 Å². The number of aromatic nitrogens is 4. The zero-order valence-corrected chi connectivity index (χ0v) is 16.7. The van der Waals surface area contributed by atoms with Crippen molar-refractivity contribution < 1.29 is 13.9 Å². The monoisotopic (exact) mass is 407 g/mol. The maximum Gasteiger partial charge on any atom is 0.260 e. The molecular weight excluding hydrogens is 385 g/mol. The maximum atomic E-state index is 14.8. The van der Waals surface area contributed by atoms with Crippen molar-refractivity contribution in [1.82, 2.24) is 24.9 Å². The lowest BCUT2D eigenvalue weighted by atomic mass is 9.86. The summed E-state index contributed by atoms with van der Waals surface area (Å²) >= 11 is 0. The van der Waals surface area contributed by atoms with Gasteiger partial charge in [-0.3, -0.25) is 9.48 Å². The first-order valence-corrected chi connectivity index (χ1v) is 10.1. The highest BCUT2D eigenvalue weighted by Crippen LogP contribution is 2.33. The number of hydrogen-bond donors (Lipinski definition) is 0. The van der Waals surface area contributed by atoms with E-state index >= 15 is 0 Å². The van der Waals surface area contributed by atoms with Gasteiger partial charge in [-0.25, -0.2) is 9.37 Å². The average Bonchev–Trinajstić information content (AvgIpc) is 3.26. The summed E-state index contributed by atoms with van der Waals surface area (Å²) in [5.74, 6) is 0.406. The Balaban J connectivity index is 1.32. The topological polar surface area (TPSA) is 73.1 Å². The van der Waals surface area contributed by atoms with Gasteiger partial charge in [0.1, 0.15) is 17.1 Å². The Morgan fingerprint density at radius 2 is 2.13 bits per heavy atom. The first-order chi connectivity index (χ1) is 14.6. The van der Waals surface area contributed by atoms with E-state index in [1.165, 1.54) is 25.3 Å². The van der Waals surface area contributed by atoms with Crippen molar-refractivity contribution in [1.29, 1.82) is 0 Å². The minimum absolute atomic E-state index is 0.167. The van der Waals surface area contributed by atoms with Crippen LogP contribution in [0.15, 0.2) is 36.7 Å². The Kier molecular flexibility index (Phi) is 4.69. The average molecular weight is 407 g/mol. The third-order valence-electron chi connectivity index (χ3n) is 5.86. The molecule has 1 amide bonds. The number of benzene rings is 1. The van der Waals surface area contributed by atoms with Gasteiger partial charge in [-0.2, -0.15) is 0 Å². The van der Waals surface area contributed by atoms with Crippen LogP contribution in [0, 0.1) is 11.7 Å². The van der Waals surface area contributed by atoms with Crippen molar-refractivity contribution in [3.63, 3.8) is 0 Å². The summed E-state index contributed by atoms with van der Waals surface area (Å²) in [6.07, 6.45) is 6.97. The lowest BCUT2D eigenvalue weighted by Gasteiger charge is -2.25. The summed E-state index contributed by atoms with van der Waals surface area (Å²) in [6, 6.07) is 6.76. The van der Waals surface area contributed by atoms with Crippen molar-refractivity contribution in [2.75, 3.05) is 6.61 Å². The van der Waals surface area contributed by atoms with E-state index in [0.29, 0.717) is 47.3 Å². The Bertz CT molecular complexity index is 1110. The zero-order chi connectivity index (χ0) is 20.7. The second-order valence-electron chi connectivity index (χ2n) is 8.00. The molecule has 3 heterocycles. The predicted molar refractivity (Wildman–Crippen MR) is 107 cm³/mol. The highest BCUT2D eigenvalue weighted by molar-refractivity contribution is 6.00. The summed E-state index contributed by atoms with van der Waals surface area (Å²) in [7, 11) is 1.76. The third-order valence-corrected chi connectivity index (χ3v) is 5.86. The summed E-state index contributed by atoms with van der Waals surface area (Å²) in [5, 5.41) is 7.89. The van der Waals surface area contributed by atoms with Crippen LogP contribution in [-0.4, -0.2) is 37.4 Å². The van der Waals surface area contributed by atoms with Gasteiger partial charge in [-0.05, 0) is 36.5 Å². The molecule has 3 aromatic rings. The van der Waals surface area contributed by atoms with Gasteiger partial charge >= 0.3 is 0 Å². The highest BCUT2D eigenvalue weighted by Gasteiger charge is 2.32. The second-order valence-corrected chi connectivity index (χ2v) is 8.00. The first-order valence-electron chi connectivity index (χ1n) is 10.1. The molecule has 0 bridgehead atoms. The molecule has 2 aliphatic rings. The highest BCUT2D eigenvalue weighted by atomic mass is 19.1. The second kappa shape index (κ2) is 7.51. The summed E-state index contributed by atoms with van der Waals surface area (Å²) in [6.45, 7) is 1.19. The normalized spacial score (nSPS) is 15.9. The van der Waals surface area contributed by atoms with Gasteiger partial charge in [-0.1, -0.05) is 23.8 Å². The molecule has 0 unspecified atom stereocenters. The summed E-state index contributed by atoms with van der Waals surface area (Å²) < 4.78 is 22.2. The number of hydrogen-bond acceptors (Lipinski definition) is 5. The number of nitrogens with zero attached hydrogens (tertiary/aromatic N) is 5. The Hall–Kier alpha value is -3.29. The number of carbonyl (C=O) groups is 1. The van der Waals surface area contributed by atoms with Gasteiger partial charge in [0.2, 0.25) is 5.88 Å². The number of halogens is 1. The van der Waals surface area contributed by atoms with Crippen LogP contribution >= 0.6 is 0 Å². The van der Waals surface area contributed by atoms with Gasteiger partial charge in [0.15, 0.2) is 0 Å². The molecule has 0 radical (unpaired) electrons. The molecule has 1 fully saturated rings. The van der Waals surface area contributed by atoms with E-state index in [-0.39, 0.29) is 18.3 Å². The standard InChI is InChI=1S/C22H22FN5O2/c1-27-12-19(25-26-27)15-5-6-16(18(23)9-15)10-28-11-17-7-8-24-21(20(17)22(28)29)30-13-14-3-2-4-14/h5-9,12,14H,2-4,10-11,13H2,1H3. The number of ether oxygens (including phenoxy) is 1.